The van der Waals surface area contributed by atoms with Crippen molar-refractivity contribution in [2.75, 3.05) is 6.61 Å². The maximum atomic E-state index is 5.28. The minimum absolute atomic E-state index is 0.329. The molecular formula is C6H12N2O. The molecule has 52 valence electrons. The van der Waals surface area contributed by atoms with Gasteiger partial charge in [-0.15, -0.1) is 0 Å². The third-order valence-corrected chi connectivity index (χ3v) is 1.36. The standard InChI is InChI=1S/C6H12N2O/c1-2-3-5-4-9-6(7)8-5/h5H,2-4H2,1H3,(H2,7,8). The number of rotatable bonds is 2. The van der Waals surface area contributed by atoms with Crippen LogP contribution in [0.4, 0.5) is 0 Å². The molecule has 1 unspecified atom stereocenters. The van der Waals surface area contributed by atoms with Gasteiger partial charge in [-0.1, -0.05) is 13.3 Å². The average molecular weight is 128 g/mol. The number of nitrogens with zero attached hydrogens (tertiary/aromatic N) is 1. The first-order valence-electron chi connectivity index (χ1n) is 3.29. The monoisotopic (exact) mass is 128 g/mol. The first-order valence-corrected chi connectivity index (χ1v) is 3.29. The van der Waals surface area contributed by atoms with Crippen LogP contribution < -0.4 is 5.73 Å². The third kappa shape index (κ3) is 1.59. The van der Waals surface area contributed by atoms with Crippen molar-refractivity contribution in [2.24, 2.45) is 10.7 Å². The third-order valence-electron chi connectivity index (χ3n) is 1.36. The molecule has 0 aromatic carbocycles. The molecule has 1 aliphatic rings. The lowest BCUT2D eigenvalue weighted by Gasteiger charge is -1.98. The summed E-state index contributed by atoms with van der Waals surface area (Å²) in [5, 5.41) is 0. The van der Waals surface area contributed by atoms with Gasteiger partial charge in [-0.2, -0.15) is 0 Å². The average Bonchev–Trinajstić information content (AvgIpc) is 2.17. The van der Waals surface area contributed by atoms with Gasteiger partial charge in [0.15, 0.2) is 0 Å². The van der Waals surface area contributed by atoms with E-state index in [0.29, 0.717) is 18.7 Å². The van der Waals surface area contributed by atoms with Crippen LogP contribution >= 0.6 is 0 Å². The molecule has 0 amide bonds. The van der Waals surface area contributed by atoms with Gasteiger partial charge in [0.1, 0.15) is 6.61 Å². The Morgan fingerprint density at radius 3 is 3.11 bits per heavy atom. The summed E-state index contributed by atoms with van der Waals surface area (Å²) in [6.07, 6.45) is 2.23. The number of ether oxygens (including phenoxy) is 1. The highest BCUT2D eigenvalue weighted by Crippen LogP contribution is 2.07. The fourth-order valence-corrected chi connectivity index (χ4v) is 0.917. The van der Waals surface area contributed by atoms with Crippen molar-refractivity contribution < 1.29 is 4.74 Å². The van der Waals surface area contributed by atoms with Crippen LogP contribution in [0.15, 0.2) is 4.99 Å². The lowest BCUT2D eigenvalue weighted by molar-refractivity contribution is 0.307. The van der Waals surface area contributed by atoms with Gasteiger partial charge in [0, 0.05) is 0 Å². The van der Waals surface area contributed by atoms with E-state index in [0.717, 1.165) is 12.8 Å². The van der Waals surface area contributed by atoms with E-state index in [1.165, 1.54) is 0 Å². The molecule has 1 rings (SSSR count). The van der Waals surface area contributed by atoms with Gasteiger partial charge in [-0.25, -0.2) is 4.99 Å². The smallest absolute Gasteiger partial charge is 0.282 e. The van der Waals surface area contributed by atoms with Gasteiger partial charge < -0.3 is 10.5 Å². The van der Waals surface area contributed by atoms with Crippen molar-refractivity contribution in [2.45, 2.75) is 25.8 Å². The van der Waals surface area contributed by atoms with Gasteiger partial charge in [-0.05, 0) is 6.42 Å². The topological polar surface area (TPSA) is 47.6 Å². The highest BCUT2D eigenvalue weighted by molar-refractivity contribution is 5.72. The summed E-state index contributed by atoms with van der Waals surface area (Å²) in [6, 6.07) is 0.684. The lowest BCUT2D eigenvalue weighted by Crippen LogP contribution is -2.10. The lowest BCUT2D eigenvalue weighted by atomic mass is 10.2. The number of hydrogen-bond donors (Lipinski definition) is 1. The predicted octanol–water partition coefficient (Wildman–Crippen LogP) is 0.500. The summed E-state index contributed by atoms with van der Waals surface area (Å²) >= 11 is 0. The molecular weight excluding hydrogens is 116 g/mol. The molecule has 9 heavy (non-hydrogen) atoms. The molecule has 1 heterocycles. The molecule has 0 saturated heterocycles. The molecule has 3 heteroatoms. The summed E-state index contributed by atoms with van der Waals surface area (Å²) < 4.78 is 4.95. The Labute approximate surface area is 54.9 Å². The molecule has 3 nitrogen and oxygen atoms in total. The first-order chi connectivity index (χ1) is 4.33. The molecule has 1 atom stereocenters. The van der Waals surface area contributed by atoms with E-state index in [2.05, 4.69) is 11.9 Å². The summed E-state index contributed by atoms with van der Waals surface area (Å²) in [4.78, 5) is 4.05. The van der Waals surface area contributed by atoms with Crippen molar-refractivity contribution in [3.8, 4) is 0 Å². The largest absolute Gasteiger partial charge is 0.463 e. The molecule has 0 bridgehead atoms. The summed E-state index contributed by atoms with van der Waals surface area (Å²) in [5.74, 6) is 0. The number of hydrogen-bond acceptors (Lipinski definition) is 3. The molecule has 0 fully saturated rings. The Hall–Kier alpha value is -0.730. The number of aliphatic imine (C=N–C) groups is 1. The Kier molecular flexibility index (Phi) is 1.92. The molecule has 0 saturated carbocycles. The van der Waals surface area contributed by atoms with Gasteiger partial charge in [0.2, 0.25) is 0 Å². The van der Waals surface area contributed by atoms with Crippen LogP contribution in [0.5, 0.6) is 0 Å². The van der Waals surface area contributed by atoms with E-state index in [1.54, 1.807) is 0 Å². The predicted molar refractivity (Wildman–Crippen MR) is 36.3 cm³/mol. The Morgan fingerprint density at radius 1 is 1.89 bits per heavy atom. The van der Waals surface area contributed by atoms with Gasteiger partial charge in [0.05, 0.1) is 6.04 Å². The molecule has 0 spiro atoms. The van der Waals surface area contributed by atoms with Crippen molar-refractivity contribution in [3.05, 3.63) is 0 Å². The normalized spacial score (nSPS) is 25.4. The second-order valence-corrected chi connectivity index (χ2v) is 2.22. The van der Waals surface area contributed by atoms with Crippen LogP contribution in [0.3, 0.4) is 0 Å². The van der Waals surface area contributed by atoms with Crippen LogP contribution in [0.2, 0.25) is 0 Å². The highest BCUT2D eigenvalue weighted by atomic mass is 16.5. The molecule has 2 N–H and O–H groups in total. The van der Waals surface area contributed by atoms with Crippen molar-refractivity contribution in [1.29, 1.82) is 0 Å². The molecule has 0 aromatic heterocycles. The minimum atomic E-state index is 0.329. The summed E-state index contributed by atoms with van der Waals surface area (Å²) in [6.45, 7) is 2.81. The first kappa shape index (κ1) is 6.39. The van der Waals surface area contributed by atoms with Crippen LogP contribution in [-0.4, -0.2) is 18.7 Å². The minimum Gasteiger partial charge on any atom is -0.463 e. The Bertz CT molecular complexity index is 122. The second-order valence-electron chi connectivity index (χ2n) is 2.22. The quantitative estimate of drug-likeness (QED) is 0.588. The van der Waals surface area contributed by atoms with E-state index >= 15 is 0 Å². The molecule has 1 aliphatic heterocycles. The number of amidine groups is 1. The van der Waals surface area contributed by atoms with E-state index in [1.807, 2.05) is 0 Å². The van der Waals surface area contributed by atoms with Crippen molar-refractivity contribution >= 4 is 6.02 Å². The SMILES string of the molecule is CCCC1COC(N)=N1. The molecule has 0 radical (unpaired) electrons. The van der Waals surface area contributed by atoms with E-state index in [9.17, 15) is 0 Å². The van der Waals surface area contributed by atoms with Crippen LogP contribution in [-0.2, 0) is 4.74 Å². The van der Waals surface area contributed by atoms with Crippen molar-refractivity contribution in [1.82, 2.24) is 0 Å². The fraction of sp³-hybridized carbons (Fsp3) is 0.833. The van der Waals surface area contributed by atoms with Gasteiger partial charge in [0.25, 0.3) is 6.02 Å². The molecule has 0 aliphatic carbocycles. The summed E-state index contributed by atoms with van der Waals surface area (Å²) in [5.41, 5.74) is 5.28. The van der Waals surface area contributed by atoms with Gasteiger partial charge >= 0.3 is 0 Å². The van der Waals surface area contributed by atoms with Crippen LogP contribution in [0, 0.1) is 0 Å². The van der Waals surface area contributed by atoms with Crippen LogP contribution in [0.25, 0.3) is 0 Å². The highest BCUT2D eigenvalue weighted by Gasteiger charge is 2.14. The summed E-state index contributed by atoms with van der Waals surface area (Å²) in [7, 11) is 0. The fourth-order valence-electron chi connectivity index (χ4n) is 0.917. The Morgan fingerprint density at radius 2 is 2.67 bits per heavy atom. The zero-order chi connectivity index (χ0) is 6.69. The number of nitrogens with two attached hydrogens (primary N) is 1. The van der Waals surface area contributed by atoms with Crippen molar-refractivity contribution in [3.63, 3.8) is 0 Å². The molecule has 0 aromatic rings. The van der Waals surface area contributed by atoms with E-state index in [-0.39, 0.29) is 0 Å². The second kappa shape index (κ2) is 2.71. The zero-order valence-electron chi connectivity index (χ0n) is 5.63. The maximum Gasteiger partial charge on any atom is 0.282 e. The zero-order valence-corrected chi connectivity index (χ0v) is 5.63. The maximum absolute atomic E-state index is 5.28. The van der Waals surface area contributed by atoms with Crippen LogP contribution in [0.1, 0.15) is 19.8 Å². The van der Waals surface area contributed by atoms with E-state index in [4.69, 9.17) is 10.5 Å². The van der Waals surface area contributed by atoms with Gasteiger partial charge in [-0.3, -0.25) is 0 Å². The van der Waals surface area contributed by atoms with E-state index < -0.39 is 0 Å². The Balaban J connectivity index is 2.29.